The number of rotatable bonds is 3. The highest BCUT2D eigenvalue weighted by Crippen LogP contribution is 2.38. The molecule has 4 rings (SSSR count). The summed E-state index contributed by atoms with van der Waals surface area (Å²) in [5.74, 6) is 1.53. The lowest BCUT2D eigenvalue weighted by molar-refractivity contribution is -0.115. The Kier molecular flexibility index (Phi) is 3.97. The number of carbonyl (C=O) groups excluding carboxylic acids is 1. The van der Waals surface area contributed by atoms with Crippen molar-refractivity contribution in [2.75, 3.05) is 18.5 Å². The zero-order valence-corrected chi connectivity index (χ0v) is 14.2. The Morgan fingerprint density at radius 3 is 2.96 bits per heavy atom. The molecule has 0 spiro atoms. The summed E-state index contributed by atoms with van der Waals surface area (Å²) in [5.41, 5.74) is 2.81. The molecule has 0 bridgehead atoms. The molecule has 0 aliphatic carbocycles. The molecular weight excluding hydrogens is 344 g/mol. The highest BCUT2D eigenvalue weighted by atomic mass is 35.5. The fraction of sp³-hybridized carbons (Fsp3) is 0.222. The summed E-state index contributed by atoms with van der Waals surface area (Å²) in [7, 11) is 0. The maximum Gasteiger partial charge on any atom is 0.228 e. The number of carbonyl (C=O) groups is 1. The van der Waals surface area contributed by atoms with E-state index in [1.807, 2.05) is 0 Å². The van der Waals surface area contributed by atoms with E-state index in [2.05, 4.69) is 10.3 Å². The Balaban J connectivity index is 1.50. The van der Waals surface area contributed by atoms with Crippen LogP contribution in [0.5, 0.6) is 11.5 Å². The Bertz CT molecular complexity index is 967. The average molecular weight is 359 g/mol. The number of fused-ring (bicyclic) bond motifs is 2. The number of hydrogen-bond donors (Lipinski definition) is 1. The summed E-state index contributed by atoms with van der Waals surface area (Å²) in [6, 6.07) is 8.84. The Morgan fingerprint density at radius 2 is 2.08 bits per heavy atom. The van der Waals surface area contributed by atoms with Gasteiger partial charge in [0.05, 0.1) is 11.4 Å². The van der Waals surface area contributed by atoms with Crippen LogP contribution in [0, 0.1) is 6.92 Å². The summed E-state index contributed by atoms with van der Waals surface area (Å²) < 4.78 is 16.4. The number of benzene rings is 2. The molecule has 25 heavy (non-hydrogen) atoms. The van der Waals surface area contributed by atoms with E-state index in [0.29, 0.717) is 52.4 Å². The first-order valence-corrected chi connectivity index (χ1v) is 8.21. The van der Waals surface area contributed by atoms with Crippen molar-refractivity contribution in [3.63, 3.8) is 0 Å². The van der Waals surface area contributed by atoms with Crippen molar-refractivity contribution in [3.8, 4) is 11.5 Å². The quantitative estimate of drug-likeness (QED) is 0.772. The Morgan fingerprint density at radius 1 is 1.24 bits per heavy atom. The highest BCUT2D eigenvalue weighted by Gasteiger charge is 2.18. The van der Waals surface area contributed by atoms with Gasteiger partial charge in [0.1, 0.15) is 18.7 Å². The minimum absolute atomic E-state index is 0.160. The minimum atomic E-state index is -0.160. The van der Waals surface area contributed by atoms with E-state index in [4.69, 9.17) is 25.5 Å². The second-order valence-electron chi connectivity index (χ2n) is 5.74. The molecule has 0 radical (unpaired) electrons. The lowest BCUT2D eigenvalue weighted by atomic mass is 10.1. The van der Waals surface area contributed by atoms with Crippen molar-refractivity contribution in [2.24, 2.45) is 0 Å². The SMILES string of the molecule is Cc1nc2cc(NC(=O)Cc3cc(Cl)c4c(c3)OCCO4)ccc2o1. The molecule has 0 saturated carbocycles. The summed E-state index contributed by atoms with van der Waals surface area (Å²) >= 11 is 6.20. The standard InChI is InChI=1S/C18H15ClN2O4/c1-10-20-14-9-12(2-3-15(14)25-10)21-17(22)8-11-6-13(19)18-16(7-11)23-4-5-24-18/h2-3,6-7,9H,4-5,8H2,1H3,(H,21,22). The van der Waals surface area contributed by atoms with Crippen LogP contribution in [-0.2, 0) is 11.2 Å². The van der Waals surface area contributed by atoms with E-state index >= 15 is 0 Å². The topological polar surface area (TPSA) is 73.6 Å². The van der Waals surface area contributed by atoms with E-state index in [1.165, 1.54) is 0 Å². The van der Waals surface area contributed by atoms with Gasteiger partial charge in [0.25, 0.3) is 0 Å². The van der Waals surface area contributed by atoms with Gasteiger partial charge in [0.2, 0.25) is 5.91 Å². The molecule has 1 aliphatic rings. The molecule has 1 aromatic heterocycles. The number of nitrogens with one attached hydrogen (secondary N) is 1. The van der Waals surface area contributed by atoms with Crippen LogP contribution < -0.4 is 14.8 Å². The Hall–Kier alpha value is -2.73. The van der Waals surface area contributed by atoms with Crippen molar-refractivity contribution < 1.29 is 18.7 Å². The van der Waals surface area contributed by atoms with Crippen LogP contribution >= 0.6 is 11.6 Å². The van der Waals surface area contributed by atoms with Crippen LogP contribution in [0.25, 0.3) is 11.1 Å². The van der Waals surface area contributed by atoms with E-state index < -0.39 is 0 Å². The van der Waals surface area contributed by atoms with Crippen LogP contribution in [0.2, 0.25) is 5.02 Å². The van der Waals surface area contributed by atoms with Gasteiger partial charge in [0, 0.05) is 12.6 Å². The molecule has 0 unspecified atom stereocenters. The zero-order valence-electron chi connectivity index (χ0n) is 13.5. The molecule has 3 aromatic rings. The Labute approximate surface area is 148 Å². The number of ether oxygens (including phenoxy) is 2. The first-order chi connectivity index (χ1) is 12.1. The monoisotopic (exact) mass is 358 g/mol. The van der Waals surface area contributed by atoms with E-state index in [1.54, 1.807) is 37.3 Å². The van der Waals surface area contributed by atoms with Crippen LogP contribution in [0.4, 0.5) is 5.69 Å². The molecule has 1 aliphatic heterocycles. The third-order valence-corrected chi connectivity index (χ3v) is 4.08. The maximum atomic E-state index is 12.3. The molecule has 7 heteroatoms. The van der Waals surface area contributed by atoms with Crippen LogP contribution in [0.1, 0.15) is 11.5 Å². The number of aryl methyl sites for hydroxylation is 1. The number of hydrogen-bond acceptors (Lipinski definition) is 5. The highest BCUT2D eigenvalue weighted by molar-refractivity contribution is 6.32. The van der Waals surface area contributed by atoms with Crippen LogP contribution in [-0.4, -0.2) is 24.1 Å². The molecule has 0 saturated heterocycles. The van der Waals surface area contributed by atoms with E-state index in [0.717, 1.165) is 5.56 Å². The van der Waals surface area contributed by atoms with Gasteiger partial charge in [-0.2, -0.15) is 0 Å². The predicted octanol–water partition coefficient (Wildman–Crippen LogP) is 3.74. The van der Waals surface area contributed by atoms with Crippen LogP contribution in [0.3, 0.4) is 0 Å². The summed E-state index contributed by atoms with van der Waals surface area (Å²) in [4.78, 5) is 16.6. The fourth-order valence-corrected chi connectivity index (χ4v) is 3.07. The van der Waals surface area contributed by atoms with Gasteiger partial charge in [-0.25, -0.2) is 4.98 Å². The smallest absolute Gasteiger partial charge is 0.228 e. The van der Waals surface area contributed by atoms with Crippen molar-refractivity contribution in [1.29, 1.82) is 0 Å². The van der Waals surface area contributed by atoms with Crippen molar-refractivity contribution in [3.05, 3.63) is 46.8 Å². The number of halogens is 1. The van der Waals surface area contributed by atoms with Gasteiger partial charge in [-0.1, -0.05) is 11.6 Å². The van der Waals surface area contributed by atoms with Gasteiger partial charge in [-0.3, -0.25) is 4.79 Å². The molecule has 0 atom stereocenters. The third kappa shape index (κ3) is 3.25. The second-order valence-corrected chi connectivity index (χ2v) is 6.15. The maximum absolute atomic E-state index is 12.3. The molecule has 2 heterocycles. The third-order valence-electron chi connectivity index (χ3n) is 3.80. The first kappa shape index (κ1) is 15.8. The molecule has 2 aromatic carbocycles. The summed E-state index contributed by atoms with van der Waals surface area (Å²) in [5, 5.41) is 3.30. The lowest BCUT2D eigenvalue weighted by Gasteiger charge is -2.20. The number of amides is 1. The van der Waals surface area contributed by atoms with Gasteiger partial charge in [0.15, 0.2) is 23.0 Å². The van der Waals surface area contributed by atoms with Crippen molar-refractivity contribution in [2.45, 2.75) is 13.3 Å². The van der Waals surface area contributed by atoms with Crippen LogP contribution in [0.15, 0.2) is 34.7 Å². The molecule has 1 N–H and O–H groups in total. The van der Waals surface area contributed by atoms with Gasteiger partial charge < -0.3 is 19.2 Å². The number of oxazole rings is 1. The first-order valence-electron chi connectivity index (χ1n) is 7.83. The minimum Gasteiger partial charge on any atom is -0.486 e. The molecule has 1 amide bonds. The number of nitrogens with zero attached hydrogens (tertiary/aromatic N) is 1. The molecule has 6 nitrogen and oxygen atoms in total. The van der Waals surface area contributed by atoms with E-state index in [9.17, 15) is 4.79 Å². The number of aromatic nitrogens is 1. The molecular formula is C18H15ClN2O4. The zero-order chi connectivity index (χ0) is 17.4. The lowest BCUT2D eigenvalue weighted by Crippen LogP contribution is -2.17. The van der Waals surface area contributed by atoms with Gasteiger partial charge in [-0.15, -0.1) is 0 Å². The molecule has 128 valence electrons. The summed E-state index contributed by atoms with van der Waals surface area (Å²) in [6.07, 6.45) is 0.173. The normalized spacial score (nSPS) is 13.0. The summed E-state index contributed by atoms with van der Waals surface area (Å²) in [6.45, 7) is 2.72. The fourth-order valence-electron chi connectivity index (χ4n) is 2.78. The second kappa shape index (κ2) is 6.29. The van der Waals surface area contributed by atoms with Gasteiger partial charge in [-0.05, 0) is 35.9 Å². The predicted molar refractivity (Wildman–Crippen MR) is 93.5 cm³/mol. The number of anilines is 1. The largest absolute Gasteiger partial charge is 0.486 e. The van der Waals surface area contributed by atoms with Crippen molar-refractivity contribution >= 4 is 34.3 Å². The van der Waals surface area contributed by atoms with Gasteiger partial charge >= 0.3 is 0 Å². The van der Waals surface area contributed by atoms with E-state index in [-0.39, 0.29) is 12.3 Å². The molecule has 0 fully saturated rings. The van der Waals surface area contributed by atoms with Crippen molar-refractivity contribution in [1.82, 2.24) is 4.98 Å². The average Bonchev–Trinajstić information content (AvgIpc) is 2.94.